The van der Waals surface area contributed by atoms with Gasteiger partial charge in [-0.25, -0.2) is 0 Å². The number of aliphatic carboxylic acids is 1. The molecule has 2 rings (SSSR count). The first-order chi connectivity index (χ1) is 9.97. The van der Waals surface area contributed by atoms with Crippen LogP contribution in [0, 0.1) is 10.5 Å². The molecule has 21 heavy (non-hydrogen) atoms. The standard InChI is InChI=1S/C15H12INO4/c1-9-6-7-10(21-9)8-13(15(19)20)17-14(18)11-4-2-3-5-12(11)16/h2-8H,1H3,(H,17,18)(H,19,20)/p-1/b13-8+. The van der Waals surface area contributed by atoms with Gasteiger partial charge in [-0.1, -0.05) is 12.1 Å². The summed E-state index contributed by atoms with van der Waals surface area (Å²) in [7, 11) is 0. The lowest BCUT2D eigenvalue weighted by atomic mass is 10.2. The van der Waals surface area contributed by atoms with Crippen LogP contribution in [0.4, 0.5) is 0 Å². The number of carboxylic acid groups (broad SMARTS) is 1. The lowest BCUT2D eigenvalue weighted by Gasteiger charge is -2.11. The Labute approximate surface area is 134 Å². The molecule has 0 aliphatic heterocycles. The van der Waals surface area contributed by atoms with Crippen LogP contribution in [0.1, 0.15) is 21.9 Å². The van der Waals surface area contributed by atoms with Gasteiger partial charge in [0.2, 0.25) is 0 Å². The van der Waals surface area contributed by atoms with Crippen LogP contribution in [0.25, 0.3) is 6.08 Å². The van der Waals surface area contributed by atoms with Gasteiger partial charge in [0.25, 0.3) is 5.91 Å². The quantitative estimate of drug-likeness (QED) is 0.630. The molecule has 0 aliphatic carbocycles. The first-order valence-corrected chi connectivity index (χ1v) is 7.10. The highest BCUT2D eigenvalue weighted by atomic mass is 127. The Morgan fingerprint density at radius 3 is 2.52 bits per heavy atom. The summed E-state index contributed by atoms with van der Waals surface area (Å²) < 4.78 is 5.98. The van der Waals surface area contributed by atoms with Gasteiger partial charge in [-0.15, -0.1) is 0 Å². The van der Waals surface area contributed by atoms with Crippen molar-refractivity contribution < 1.29 is 19.1 Å². The Bertz CT molecular complexity index is 718. The van der Waals surface area contributed by atoms with Crippen molar-refractivity contribution in [1.29, 1.82) is 0 Å². The minimum Gasteiger partial charge on any atom is -0.543 e. The lowest BCUT2D eigenvalue weighted by Crippen LogP contribution is -2.35. The van der Waals surface area contributed by atoms with Crippen LogP contribution < -0.4 is 10.4 Å². The molecule has 0 aliphatic rings. The number of carbonyl (C=O) groups excluding carboxylic acids is 2. The second-order valence-corrected chi connectivity index (χ2v) is 5.39. The molecule has 0 saturated heterocycles. The van der Waals surface area contributed by atoms with Crippen molar-refractivity contribution in [3.05, 3.63) is 62.7 Å². The number of benzene rings is 1. The van der Waals surface area contributed by atoms with E-state index in [4.69, 9.17) is 4.42 Å². The third-order valence-electron chi connectivity index (χ3n) is 2.63. The first-order valence-electron chi connectivity index (χ1n) is 6.02. The Kier molecular flexibility index (Phi) is 4.79. The fourth-order valence-electron chi connectivity index (χ4n) is 1.65. The van der Waals surface area contributed by atoms with Crippen molar-refractivity contribution >= 4 is 40.5 Å². The number of aryl methyl sites for hydroxylation is 1. The maximum absolute atomic E-state index is 12.1. The number of hydrogen-bond donors (Lipinski definition) is 1. The van der Waals surface area contributed by atoms with Crippen LogP contribution >= 0.6 is 22.6 Å². The summed E-state index contributed by atoms with van der Waals surface area (Å²) in [5.41, 5.74) is 0.0369. The van der Waals surface area contributed by atoms with Crippen LogP contribution in [0.3, 0.4) is 0 Å². The van der Waals surface area contributed by atoms with Crippen LogP contribution in [0.5, 0.6) is 0 Å². The van der Waals surface area contributed by atoms with E-state index in [9.17, 15) is 14.7 Å². The number of furan rings is 1. The second-order valence-electron chi connectivity index (χ2n) is 4.23. The Morgan fingerprint density at radius 2 is 1.95 bits per heavy atom. The van der Waals surface area contributed by atoms with E-state index in [1.54, 1.807) is 43.3 Å². The minimum atomic E-state index is -1.48. The zero-order chi connectivity index (χ0) is 15.4. The number of hydrogen-bond acceptors (Lipinski definition) is 4. The highest BCUT2D eigenvalue weighted by Crippen LogP contribution is 2.13. The molecule has 0 fully saturated rings. The molecular weight excluding hydrogens is 385 g/mol. The van der Waals surface area contributed by atoms with E-state index in [0.29, 0.717) is 17.1 Å². The molecular formula is C15H11INO4-. The summed E-state index contributed by atoms with van der Waals surface area (Å²) in [4.78, 5) is 23.2. The molecule has 0 unspecified atom stereocenters. The molecule has 0 saturated carbocycles. The molecule has 0 radical (unpaired) electrons. The van der Waals surface area contributed by atoms with E-state index in [1.165, 1.54) is 6.08 Å². The summed E-state index contributed by atoms with van der Waals surface area (Å²) in [6.45, 7) is 1.74. The molecule has 6 heteroatoms. The second kappa shape index (κ2) is 6.57. The number of amides is 1. The Hall–Kier alpha value is -2.09. The van der Waals surface area contributed by atoms with Gasteiger partial charge in [0, 0.05) is 9.65 Å². The maximum Gasteiger partial charge on any atom is 0.256 e. The van der Waals surface area contributed by atoms with Crippen LogP contribution in [-0.4, -0.2) is 11.9 Å². The zero-order valence-electron chi connectivity index (χ0n) is 11.1. The number of carbonyl (C=O) groups is 2. The van der Waals surface area contributed by atoms with E-state index in [2.05, 4.69) is 5.32 Å². The van der Waals surface area contributed by atoms with E-state index in [0.717, 1.165) is 3.57 Å². The molecule has 0 bridgehead atoms. The van der Waals surface area contributed by atoms with E-state index >= 15 is 0 Å². The number of nitrogens with one attached hydrogen (secondary N) is 1. The van der Waals surface area contributed by atoms with Gasteiger partial charge in [-0.05, 0) is 53.8 Å². The molecule has 108 valence electrons. The number of carboxylic acids is 1. The van der Waals surface area contributed by atoms with Gasteiger partial charge in [0.05, 0.1) is 17.2 Å². The van der Waals surface area contributed by atoms with Gasteiger partial charge in [-0.2, -0.15) is 0 Å². The molecule has 1 N–H and O–H groups in total. The van der Waals surface area contributed by atoms with Gasteiger partial charge < -0.3 is 19.6 Å². The molecule has 5 nitrogen and oxygen atoms in total. The average molecular weight is 396 g/mol. The average Bonchev–Trinajstić information content (AvgIpc) is 2.83. The van der Waals surface area contributed by atoms with Crippen molar-refractivity contribution in [3.8, 4) is 0 Å². The smallest absolute Gasteiger partial charge is 0.256 e. The summed E-state index contributed by atoms with van der Waals surface area (Å²) >= 11 is 2.00. The van der Waals surface area contributed by atoms with Crippen LogP contribution in [0.15, 0.2) is 46.5 Å². The molecule has 2 aromatic rings. The van der Waals surface area contributed by atoms with Gasteiger partial charge in [-0.3, -0.25) is 4.79 Å². The summed E-state index contributed by atoms with van der Waals surface area (Å²) in [6.07, 6.45) is 1.22. The molecule has 0 spiro atoms. The Morgan fingerprint density at radius 1 is 1.24 bits per heavy atom. The Balaban J connectivity index is 2.25. The van der Waals surface area contributed by atoms with Crippen molar-refractivity contribution in [2.75, 3.05) is 0 Å². The van der Waals surface area contributed by atoms with E-state index in [-0.39, 0.29) is 5.70 Å². The van der Waals surface area contributed by atoms with Crippen LogP contribution in [-0.2, 0) is 4.79 Å². The summed E-state index contributed by atoms with van der Waals surface area (Å²) in [6, 6.07) is 10.2. The third-order valence-corrected chi connectivity index (χ3v) is 3.58. The molecule has 0 atom stereocenters. The topological polar surface area (TPSA) is 82.4 Å². The van der Waals surface area contributed by atoms with Gasteiger partial charge >= 0.3 is 0 Å². The maximum atomic E-state index is 12.1. The highest BCUT2D eigenvalue weighted by Gasteiger charge is 2.12. The molecule has 1 heterocycles. The fourth-order valence-corrected chi connectivity index (χ4v) is 2.29. The van der Waals surface area contributed by atoms with Crippen molar-refractivity contribution in [3.63, 3.8) is 0 Å². The molecule has 1 amide bonds. The van der Waals surface area contributed by atoms with E-state index in [1.807, 2.05) is 22.6 Å². The monoisotopic (exact) mass is 396 g/mol. The minimum absolute atomic E-state index is 0.328. The third kappa shape index (κ3) is 3.94. The predicted molar refractivity (Wildman–Crippen MR) is 83.1 cm³/mol. The largest absolute Gasteiger partial charge is 0.543 e. The van der Waals surface area contributed by atoms with Crippen molar-refractivity contribution in [2.24, 2.45) is 0 Å². The van der Waals surface area contributed by atoms with Gasteiger partial charge in [0.15, 0.2) is 0 Å². The predicted octanol–water partition coefficient (Wildman–Crippen LogP) is 1.71. The zero-order valence-corrected chi connectivity index (χ0v) is 13.2. The van der Waals surface area contributed by atoms with Crippen molar-refractivity contribution in [2.45, 2.75) is 6.92 Å². The normalized spacial score (nSPS) is 11.2. The number of halogens is 1. The SMILES string of the molecule is Cc1ccc(/C=C(/NC(=O)c2ccccc2I)C(=O)[O-])o1. The van der Waals surface area contributed by atoms with Gasteiger partial charge in [0.1, 0.15) is 11.5 Å². The van der Waals surface area contributed by atoms with E-state index < -0.39 is 11.9 Å². The number of rotatable bonds is 4. The fraction of sp³-hybridized carbons (Fsp3) is 0.0667. The van der Waals surface area contributed by atoms with Crippen molar-refractivity contribution in [1.82, 2.24) is 5.32 Å². The first kappa shape index (κ1) is 15.3. The summed E-state index contributed by atoms with van der Waals surface area (Å²) in [5.74, 6) is -1.03. The summed E-state index contributed by atoms with van der Waals surface area (Å²) in [5, 5.41) is 13.5. The molecule has 1 aromatic carbocycles. The molecule has 1 aromatic heterocycles. The highest BCUT2D eigenvalue weighted by molar-refractivity contribution is 14.1. The van der Waals surface area contributed by atoms with Crippen LogP contribution in [0.2, 0.25) is 0 Å². The lowest BCUT2D eigenvalue weighted by molar-refractivity contribution is -0.299.